The molecular formula is C20H43N3O. The van der Waals surface area contributed by atoms with Crippen LogP contribution >= 0.6 is 0 Å². The van der Waals surface area contributed by atoms with Crippen molar-refractivity contribution in [1.29, 1.82) is 0 Å². The molecule has 0 heterocycles. The van der Waals surface area contributed by atoms with Crippen LogP contribution in [0.2, 0.25) is 0 Å². The minimum atomic E-state index is 0.200. The zero-order chi connectivity index (χ0) is 17.7. The Bertz CT molecular complexity index is 259. The zero-order valence-corrected chi connectivity index (χ0v) is 16.4. The van der Waals surface area contributed by atoms with Gasteiger partial charge in [0, 0.05) is 13.0 Å². The van der Waals surface area contributed by atoms with E-state index in [2.05, 4.69) is 22.9 Å². The maximum absolute atomic E-state index is 11.3. The lowest BCUT2D eigenvalue weighted by molar-refractivity contribution is -0.121. The maximum Gasteiger partial charge on any atom is 0.219 e. The normalized spacial score (nSPS) is 10.9. The predicted molar refractivity (Wildman–Crippen MR) is 106 cm³/mol. The first kappa shape index (κ1) is 23.4. The molecule has 144 valence electrons. The molecule has 24 heavy (non-hydrogen) atoms. The van der Waals surface area contributed by atoms with Crippen LogP contribution in [0.4, 0.5) is 0 Å². The van der Waals surface area contributed by atoms with Gasteiger partial charge in [-0.15, -0.1) is 0 Å². The third kappa shape index (κ3) is 19.4. The first-order chi connectivity index (χ1) is 11.8. The van der Waals surface area contributed by atoms with E-state index in [-0.39, 0.29) is 5.91 Å². The third-order valence-corrected chi connectivity index (χ3v) is 4.24. The van der Waals surface area contributed by atoms with Gasteiger partial charge in [0.1, 0.15) is 0 Å². The van der Waals surface area contributed by atoms with Crippen molar-refractivity contribution in [3.8, 4) is 0 Å². The van der Waals surface area contributed by atoms with E-state index >= 15 is 0 Å². The number of unbranched alkanes of at least 4 members (excludes halogenated alkanes) is 7. The Morgan fingerprint density at radius 3 is 1.50 bits per heavy atom. The molecule has 0 aromatic heterocycles. The van der Waals surface area contributed by atoms with E-state index in [1.165, 1.54) is 70.9 Å². The van der Waals surface area contributed by atoms with E-state index in [0.717, 1.165) is 32.5 Å². The molecule has 4 nitrogen and oxygen atoms in total. The van der Waals surface area contributed by atoms with Crippen LogP contribution < -0.4 is 16.0 Å². The summed E-state index contributed by atoms with van der Waals surface area (Å²) in [5.41, 5.74) is 0. The fourth-order valence-corrected chi connectivity index (χ4v) is 2.70. The summed E-state index contributed by atoms with van der Waals surface area (Å²) < 4.78 is 0. The van der Waals surface area contributed by atoms with Crippen molar-refractivity contribution >= 4 is 5.91 Å². The Balaban J connectivity index is 3.01. The summed E-state index contributed by atoms with van der Waals surface area (Å²) in [6.45, 7) is 9.76. The van der Waals surface area contributed by atoms with E-state index in [4.69, 9.17) is 0 Å². The van der Waals surface area contributed by atoms with Crippen molar-refractivity contribution in [2.45, 2.75) is 90.9 Å². The molecule has 0 unspecified atom stereocenters. The average molecular weight is 342 g/mol. The maximum atomic E-state index is 11.3. The smallest absolute Gasteiger partial charge is 0.219 e. The number of carbonyl (C=O) groups is 1. The lowest BCUT2D eigenvalue weighted by Gasteiger charge is -2.07. The van der Waals surface area contributed by atoms with Gasteiger partial charge in [0.15, 0.2) is 0 Å². The van der Waals surface area contributed by atoms with Crippen LogP contribution in [0.1, 0.15) is 90.9 Å². The van der Waals surface area contributed by atoms with E-state index in [0.29, 0.717) is 6.42 Å². The summed E-state index contributed by atoms with van der Waals surface area (Å²) in [5, 5.41) is 10.0. The quantitative estimate of drug-likeness (QED) is 0.311. The largest absolute Gasteiger partial charge is 0.356 e. The summed E-state index contributed by atoms with van der Waals surface area (Å²) in [6.07, 6.45) is 14.4. The molecule has 0 aromatic carbocycles. The van der Waals surface area contributed by atoms with Crippen LogP contribution in [0.5, 0.6) is 0 Å². The highest BCUT2D eigenvalue weighted by Crippen LogP contribution is 1.98. The Kier molecular flexibility index (Phi) is 19.9. The summed E-state index contributed by atoms with van der Waals surface area (Å²) >= 11 is 0. The third-order valence-electron chi connectivity index (χ3n) is 4.24. The van der Waals surface area contributed by atoms with Gasteiger partial charge in [0.2, 0.25) is 5.91 Å². The highest BCUT2D eigenvalue weighted by Gasteiger charge is 1.97. The van der Waals surface area contributed by atoms with E-state index in [1.54, 1.807) is 0 Å². The minimum absolute atomic E-state index is 0.200. The van der Waals surface area contributed by atoms with Crippen LogP contribution in [0.25, 0.3) is 0 Å². The Hall–Kier alpha value is -0.610. The molecule has 0 fully saturated rings. The molecular weight excluding hydrogens is 298 g/mol. The van der Waals surface area contributed by atoms with Crippen molar-refractivity contribution in [1.82, 2.24) is 16.0 Å². The Labute approximate surface area is 150 Å². The molecule has 0 saturated carbocycles. The van der Waals surface area contributed by atoms with Crippen LogP contribution in [0, 0.1) is 0 Å². The van der Waals surface area contributed by atoms with Gasteiger partial charge in [-0.3, -0.25) is 4.79 Å². The fraction of sp³-hybridized carbons (Fsp3) is 0.950. The molecule has 0 aliphatic rings. The first-order valence-corrected chi connectivity index (χ1v) is 10.5. The molecule has 0 aliphatic heterocycles. The van der Waals surface area contributed by atoms with Gasteiger partial charge in [-0.1, -0.05) is 46.0 Å². The summed E-state index contributed by atoms with van der Waals surface area (Å²) in [5.74, 6) is 0.200. The second kappa shape index (κ2) is 20.4. The number of amides is 1. The second-order valence-corrected chi connectivity index (χ2v) is 6.78. The molecule has 3 N–H and O–H groups in total. The van der Waals surface area contributed by atoms with Crippen LogP contribution in [-0.2, 0) is 4.79 Å². The molecule has 0 atom stereocenters. The number of hydrogen-bond donors (Lipinski definition) is 3. The second-order valence-electron chi connectivity index (χ2n) is 6.78. The summed E-state index contributed by atoms with van der Waals surface area (Å²) in [4.78, 5) is 11.3. The molecule has 0 aliphatic carbocycles. The molecule has 0 bridgehead atoms. The van der Waals surface area contributed by atoms with Crippen molar-refractivity contribution in [2.24, 2.45) is 0 Å². The predicted octanol–water partition coefficient (Wildman–Crippen LogP) is 4.00. The van der Waals surface area contributed by atoms with Gasteiger partial charge in [-0.25, -0.2) is 0 Å². The number of carbonyl (C=O) groups excluding carboxylic acids is 1. The number of rotatable bonds is 19. The fourth-order valence-electron chi connectivity index (χ4n) is 2.70. The van der Waals surface area contributed by atoms with E-state index in [1.807, 2.05) is 6.92 Å². The zero-order valence-electron chi connectivity index (χ0n) is 16.4. The molecule has 0 saturated heterocycles. The minimum Gasteiger partial charge on any atom is -0.356 e. The van der Waals surface area contributed by atoms with Crippen molar-refractivity contribution < 1.29 is 4.79 Å². The lowest BCUT2D eigenvalue weighted by Crippen LogP contribution is -2.24. The molecule has 0 spiro atoms. The highest BCUT2D eigenvalue weighted by molar-refractivity contribution is 5.75. The standard InChI is InChI=1S/C20H43N3O/c1-3-5-6-9-15-21-16-10-7-11-17-22-18-12-8-13-19-23-20(24)14-4-2/h21-22H,3-19H2,1-2H3,(H,23,24). The Morgan fingerprint density at radius 1 is 0.583 bits per heavy atom. The van der Waals surface area contributed by atoms with Crippen molar-refractivity contribution in [3.05, 3.63) is 0 Å². The molecule has 0 aromatic rings. The topological polar surface area (TPSA) is 53.2 Å². The van der Waals surface area contributed by atoms with Gasteiger partial charge < -0.3 is 16.0 Å². The number of hydrogen-bond acceptors (Lipinski definition) is 3. The van der Waals surface area contributed by atoms with E-state index < -0.39 is 0 Å². The monoisotopic (exact) mass is 341 g/mol. The molecule has 1 amide bonds. The van der Waals surface area contributed by atoms with Gasteiger partial charge in [-0.2, -0.15) is 0 Å². The van der Waals surface area contributed by atoms with Gasteiger partial charge in [-0.05, 0) is 64.7 Å². The number of nitrogens with one attached hydrogen (secondary N) is 3. The van der Waals surface area contributed by atoms with Crippen molar-refractivity contribution in [2.75, 3.05) is 32.7 Å². The summed E-state index contributed by atoms with van der Waals surface area (Å²) in [7, 11) is 0. The molecule has 0 radical (unpaired) electrons. The van der Waals surface area contributed by atoms with E-state index in [9.17, 15) is 4.79 Å². The van der Waals surface area contributed by atoms with Crippen LogP contribution in [-0.4, -0.2) is 38.6 Å². The molecule has 4 heteroatoms. The lowest BCUT2D eigenvalue weighted by atomic mass is 10.2. The average Bonchev–Trinajstić information content (AvgIpc) is 2.58. The highest BCUT2D eigenvalue weighted by atomic mass is 16.1. The summed E-state index contributed by atoms with van der Waals surface area (Å²) in [6, 6.07) is 0. The van der Waals surface area contributed by atoms with Gasteiger partial charge in [0.05, 0.1) is 0 Å². The van der Waals surface area contributed by atoms with Crippen molar-refractivity contribution in [3.63, 3.8) is 0 Å². The first-order valence-electron chi connectivity index (χ1n) is 10.5. The Morgan fingerprint density at radius 2 is 1.04 bits per heavy atom. The SMILES string of the molecule is CCCCCCNCCCCCNCCCCCNC(=O)CCC. The van der Waals surface area contributed by atoms with Crippen LogP contribution in [0.15, 0.2) is 0 Å². The van der Waals surface area contributed by atoms with Gasteiger partial charge >= 0.3 is 0 Å². The van der Waals surface area contributed by atoms with Crippen LogP contribution in [0.3, 0.4) is 0 Å². The molecule has 0 rings (SSSR count). The van der Waals surface area contributed by atoms with Gasteiger partial charge in [0.25, 0.3) is 0 Å².